The summed E-state index contributed by atoms with van der Waals surface area (Å²) in [5.74, 6) is -0.640. The van der Waals surface area contributed by atoms with Gasteiger partial charge in [0.1, 0.15) is 11.4 Å². The number of nitrogens with zero attached hydrogens (tertiary/aromatic N) is 1. The summed E-state index contributed by atoms with van der Waals surface area (Å²) in [6, 6.07) is 4.57. The predicted molar refractivity (Wildman–Crippen MR) is 80.4 cm³/mol. The van der Waals surface area contributed by atoms with Crippen molar-refractivity contribution >= 4 is 22.0 Å². The van der Waals surface area contributed by atoms with Crippen molar-refractivity contribution in [2.75, 3.05) is 13.1 Å². The van der Waals surface area contributed by atoms with Crippen molar-refractivity contribution in [3.8, 4) is 0 Å². The lowest BCUT2D eigenvalue weighted by Crippen LogP contribution is -2.53. The maximum Gasteiger partial charge on any atom is 0.410 e. The molecule has 1 aromatic carbocycles. The number of carbonyl (C=O) groups excluding carboxylic acids is 1. The van der Waals surface area contributed by atoms with E-state index in [1.54, 1.807) is 32.9 Å². The van der Waals surface area contributed by atoms with Gasteiger partial charge in [-0.2, -0.15) is 0 Å². The first-order chi connectivity index (χ1) is 9.69. The monoisotopic (exact) mass is 359 g/mol. The summed E-state index contributed by atoms with van der Waals surface area (Å²) in [6.07, 6.45) is -1.35. The summed E-state index contributed by atoms with van der Waals surface area (Å²) < 4.78 is 19.6. The van der Waals surface area contributed by atoms with Crippen LogP contribution in [0.15, 0.2) is 22.7 Å². The average Bonchev–Trinajstić information content (AvgIpc) is 2.23. The topological polar surface area (TPSA) is 49.8 Å². The van der Waals surface area contributed by atoms with E-state index in [0.29, 0.717) is 17.6 Å². The normalized spacial score (nSPS) is 17.3. The number of benzene rings is 1. The molecule has 1 aromatic rings. The third-order valence-corrected chi connectivity index (χ3v) is 3.99. The maximum atomic E-state index is 13.8. The molecule has 6 heteroatoms. The first-order valence-electron chi connectivity index (χ1n) is 6.79. The van der Waals surface area contributed by atoms with Crippen LogP contribution in [0.25, 0.3) is 0 Å². The molecule has 1 aliphatic heterocycles. The fourth-order valence-electron chi connectivity index (χ4n) is 2.22. The number of hydrogen-bond donors (Lipinski definition) is 1. The fraction of sp³-hybridized carbons (Fsp3) is 0.533. The van der Waals surface area contributed by atoms with E-state index in [-0.39, 0.29) is 11.5 Å². The van der Waals surface area contributed by atoms with Crippen molar-refractivity contribution in [3.05, 3.63) is 34.1 Å². The van der Waals surface area contributed by atoms with Gasteiger partial charge in [0.25, 0.3) is 0 Å². The summed E-state index contributed by atoms with van der Waals surface area (Å²) in [5.41, 5.74) is -0.304. The second-order valence-corrected chi connectivity index (χ2v) is 7.08. The van der Waals surface area contributed by atoms with Crippen LogP contribution in [0.3, 0.4) is 0 Å². The van der Waals surface area contributed by atoms with E-state index in [1.165, 1.54) is 11.0 Å². The molecule has 0 saturated carbocycles. The Bertz CT molecular complexity index is 518. The highest BCUT2D eigenvalue weighted by atomic mass is 79.9. The Kier molecular flexibility index (Phi) is 4.58. The largest absolute Gasteiger partial charge is 0.444 e. The fourth-order valence-corrected chi connectivity index (χ4v) is 2.79. The van der Waals surface area contributed by atoms with Crippen molar-refractivity contribution in [1.29, 1.82) is 0 Å². The van der Waals surface area contributed by atoms with Crippen molar-refractivity contribution in [2.24, 2.45) is 5.92 Å². The molecule has 1 heterocycles. The van der Waals surface area contributed by atoms with E-state index < -0.39 is 23.6 Å². The Morgan fingerprint density at radius 3 is 2.62 bits per heavy atom. The van der Waals surface area contributed by atoms with Gasteiger partial charge in [0.15, 0.2) is 0 Å². The van der Waals surface area contributed by atoms with Gasteiger partial charge < -0.3 is 14.7 Å². The average molecular weight is 360 g/mol. The van der Waals surface area contributed by atoms with Crippen LogP contribution in [0.2, 0.25) is 0 Å². The molecule has 0 bridgehead atoms. The van der Waals surface area contributed by atoms with E-state index >= 15 is 0 Å². The molecule has 1 N–H and O–H groups in total. The molecule has 4 nitrogen and oxygen atoms in total. The van der Waals surface area contributed by atoms with Gasteiger partial charge in [-0.05, 0) is 32.9 Å². The number of aliphatic hydroxyl groups is 1. The minimum atomic E-state index is -0.945. The zero-order chi connectivity index (χ0) is 15.8. The number of carbonyl (C=O) groups is 1. The van der Waals surface area contributed by atoms with Crippen LogP contribution in [0.5, 0.6) is 0 Å². The second kappa shape index (κ2) is 5.93. The van der Waals surface area contributed by atoms with E-state index in [2.05, 4.69) is 15.9 Å². The van der Waals surface area contributed by atoms with Crippen LogP contribution in [-0.4, -0.2) is 34.8 Å². The summed E-state index contributed by atoms with van der Waals surface area (Å²) in [4.78, 5) is 13.3. The number of hydrogen-bond acceptors (Lipinski definition) is 3. The van der Waals surface area contributed by atoms with E-state index in [9.17, 15) is 14.3 Å². The molecule has 1 saturated heterocycles. The molecule has 116 valence electrons. The molecular weight excluding hydrogens is 341 g/mol. The van der Waals surface area contributed by atoms with Gasteiger partial charge in [-0.3, -0.25) is 0 Å². The van der Waals surface area contributed by atoms with Gasteiger partial charge >= 0.3 is 6.09 Å². The van der Waals surface area contributed by atoms with E-state index in [1.807, 2.05) is 0 Å². The Morgan fingerprint density at radius 1 is 1.48 bits per heavy atom. The highest BCUT2D eigenvalue weighted by Gasteiger charge is 2.39. The highest BCUT2D eigenvalue weighted by Crippen LogP contribution is 2.35. The zero-order valence-corrected chi connectivity index (χ0v) is 13.9. The zero-order valence-electron chi connectivity index (χ0n) is 12.3. The van der Waals surface area contributed by atoms with Gasteiger partial charge in [0.05, 0.1) is 6.10 Å². The Hall–Kier alpha value is -1.14. The molecule has 1 fully saturated rings. The first-order valence-corrected chi connectivity index (χ1v) is 7.58. The molecule has 2 rings (SSSR count). The quantitative estimate of drug-likeness (QED) is 0.879. The molecule has 1 atom stereocenters. The molecule has 0 aliphatic carbocycles. The van der Waals surface area contributed by atoms with Crippen LogP contribution in [-0.2, 0) is 4.74 Å². The third-order valence-electron chi connectivity index (χ3n) is 3.30. The van der Waals surface area contributed by atoms with Crippen molar-refractivity contribution < 1.29 is 19.0 Å². The summed E-state index contributed by atoms with van der Waals surface area (Å²) in [6.45, 7) is 6.11. The Labute approximate surface area is 132 Å². The van der Waals surface area contributed by atoms with Crippen molar-refractivity contribution in [3.63, 3.8) is 0 Å². The molecule has 0 radical (unpaired) electrons. The number of halogens is 2. The number of likely N-dealkylation sites (tertiary alicyclic amines) is 1. The maximum absolute atomic E-state index is 13.8. The minimum Gasteiger partial charge on any atom is -0.444 e. The van der Waals surface area contributed by atoms with Gasteiger partial charge in [0.2, 0.25) is 0 Å². The van der Waals surface area contributed by atoms with Crippen LogP contribution in [0.4, 0.5) is 9.18 Å². The van der Waals surface area contributed by atoms with Crippen molar-refractivity contribution in [2.45, 2.75) is 32.5 Å². The van der Waals surface area contributed by atoms with Crippen molar-refractivity contribution in [1.82, 2.24) is 4.90 Å². The van der Waals surface area contributed by atoms with E-state index in [4.69, 9.17) is 4.74 Å². The Morgan fingerprint density at radius 2 is 2.10 bits per heavy atom. The molecular formula is C15H19BrFNO3. The van der Waals surface area contributed by atoms with Gasteiger partial charge in [0, 0.05) is 29.0 Å². The summed E-state index contributed by atoms with van der Waals surface area (Å²) in [5, 5.41) is 10.3. The van der Waals surface area contributed by atoms with Gasteiger partial charge in [-0.15, -0.1) is 0 Å². The SMILES string of the molecule is CC(C)(C)OC(=O)N1CC(C(O)c2c(F)cccc2Br)C1. The molecule has 0 spiro atoms. The molecule has 1 amide bonds. The summed E-state index contributed by atoms with van der Waals surface area (Å²) >= 11 is 3.25. The number of ether oxygens (including phenoxy) is 1. The number of rotatable bonds is 2. The lowest BCUT2D eigenvalue weighted by molar-refractivity contribution is -0.0323. The molecule has 1 unspecified atom stereocenters. The lowest BCUT2D eigenvalue weighted by atomic mass is 9.89. The lowest BCUT2D eigenvalue weighted by Gasteiger charge is -2.42. The van der Waals surface area contributed by atoms with Crippen LogP contribution in [0, 0.1) is 11.7 Å². The standard InChI is InChI=1S/C15H19BrFNO3/c1-15(2,3)21-14(20)18-7-9(8-18)13(19)12-10(16)5-4-6-11(12)17/h4-6,9,13,19H,7-8H2,1-3H3. The van der Waals surface area contributed by atoms with Gasteiger partial charge in [-0.25, -0.2) is 9.18 Å². The molecule has 21 heavy (non-hydrogen) atoms. The second-order valence-electron chi connectivity index (χ2n) is 6.23. The Balaban J connectivity index is 1.97. The number of aliphatic hydroxyl groups excluding tert-OH is 1. The van der Waals surface area contributed by atoms with Crippen LogP contribution in [0.1, 0.15) is 32.4 Å². The smallest absolute Gasteiger partial charge is 0.410 e. The minimum absolute atomic E-state index is 0.189. The predicted octanol–water partition coefficient (Wildman–Crippen LogP) is 3.49. The van der Waals surface area contributed by atoms with Gasteiger partial charge in [-0.1, -0.05) is 22.0 Å². The summed E-state index contributed by atoms with van der Waals surface area (Å²) in [7, 11) is 0. The highest BCUT2D eigenvalue weighted by molar-refractivity contribution is 9.10. The molecule has 0 aromatic heterocycles. The number of amides is 1. The van der Waals surface area contributed by atoms with Crippen LogP contribution < -0.4 is 0 Å². The molecule has 1 aliphatic rings. The first kappa shape index (κ1) is 16.2. The third kappa shape index (κ3) is 3.74. The van der Waals surface area contributed by atoms with E-state index in [0.717, 1.165) is 0 Å². The van der Waals surface area contributed by atoms with Crippen LogP contribution >= 0.6 is 15.9 Å².